The smallest absolute Gasteiger partial charge is 0.135 e. The molecule has 1 aliphatic rings. The van der Waals surface area contributed by atoms with Gasteiger partial charge in [-0.1, -0.05) is 52.4 Å². The fourth-order valence-corrected chi connectivity index (χ4v) is 4.29. The minimum absolute atomic E-state index is 0.000827. The van der Waals surface area contributed by atoms with E-state index in [0.717, 1.165) is 44.1 Å². The maximum Gasteiger partial charge on any atom is 0.135 e. The maximum atomic E-state index is 14.0. The fourth-order valence-electron chi connectivity index (χ4n) is 4.29. The third kappa shape index (κ3) is 8.30. The molecule has 174 valence electrons. The molecule has 1 fully saturated rings. The second-order valence-electron chi connectivity index (χ2n) is 8.54. The number of benzene rings is 1. The molecule has 2 atom stereocenters. The summed E-state index contributed by atoms with van der Waals surface area (Å²) in [5, 5.41) is 11.7. The molecule has 1 aromatic rings. The summed E-state index contributed by atoms with van der Waals surface area (Å²) in [6.07, 6.45) is 9.98. The van der Waals surface area contributed by atoms with Crippen molar-refractivity contribution in [1.82, 2.24) is 4.90 Å². The number of nitrogens with zero attached hydrogens (tertiary/aromatic N) is 2. The standard InChI is InChI=1S/C24H38F2N4O/c1-3-5-6-8-18(7-4-2)11-13-30-14-12-20(16-30)31-17-23(27)24(29-28)21-10-9-19(25)15-22(21)26/h9-10,15,18,20,27H,3-8,11-14,16-17,28H2,1-2H3. The normalized spacial score (nSPS) is 18.5. The van der Waals surface area contributed by atoms with Crippen LogP contribution in [0.25, 0.3) is 0 Å². The summed E-state index contributed by atoms with van der Waals surface area (Å²) in [6, 6.07) is 3.13. The molecule has 0 aliphatic carbocycles. The third-order valence-electron chi connectivity index (χ3n) is 6.06. The summed E-state index contributed by atoms with van der Waals surface area (Å²) in [4.78, 5) is 2.44. The number of likely N-dealkylation sites (tertiary alicyclic amines) is 1. The quantitative estimate of drug-likeness (QED) is 0.184. The Hall–Kier alpha value is -1.86. The van der Waals surface area contributed by atoms with Crippen LogP contribution < -0.4 is 5.84 Å². The Kier molecular flexibility index (Phi) is 11.1. The van der Waals surface area contributed by atoms with Gasteiger partial charge < -0.3 is 20.9 Å². The van der Waals surface area contributed by atoms with E-state index in [1.54, 1.807) is 0 Å². The molecule has 0 amide bonds. The zero-order valence-electron chi connectivity index (χ0n) is 19.0. The van der Waals surface area contributed by atoms with E-state index in [4.69, 9.17) is 16.0 Å². The lowest BCUT2D eigenvalue weighted by Crippen LogP contribution is -2.29. The Morgan fingerprint density at radius 3 is 2.71 bits per heavy atom. The summed E-state index contributed by atoms with van der Waals surface area (Å²) in [6.45, 7) is 7.44. The van der Waals surface area contributed by atoms with Crippen LogP contribution in [0.2, 0.25) is 0 Å². The van der Waals surface area contributed by atoms with E-state index >= 15 is 0 Å². The molecule has 7 heteroatoms. The molecule has 5 nitrogen and oxygen atoms in total. The molecule has 0 radical (unpaired) electrons. The van der Waals surface area contributed by atoms with Gasteiger partial charge in [-0.2, -0.15) is 5.10 Å². The highest BCUT2D eigenvalue weighted by Crippen LogP contribution is 2.22. The number of nitrogens with two attached hydrogens (primary N) is 1. The van der Waals surface area contributed by atoms with Gasteiger partial charge in [-0.3, -0.25) is 0 Å². The van der Waals surface area contributed by atoms with Crippen molar-refractivity contribution in [3.8, 4) is 0 Å². The molecule has 3 N–H and O–H groups in total. The molecule has 0 aromatic heterocycles. The second-order valence-corrected chi connectivity index (χ2v) is 8.54. The summed E-state index contributed by atoms with van der Waals surface area (Å²) < 4.78 is 33.1. The summed E-state index contributed by atoms with van der Waals surface area (Å²) >= 11 is 0. The van der Waals surface area contributed by atoms with Crippen LogP contribution in [0.5, 0.6) is 0 Å². The van der Waals surface area contributed by atoms with Gasteiger partial charge in [-0.05, 0) is 37.4 Å². The first-order chi connectivity index (χ1) is 15.0. The van der Waals surface area contributed by atoms with Crippen molar-refractivity contribution in [2.24, 2.45) is 16.9 Å². The molecular formula is C24H38F2N4O. The Morgan fingerprint density at radius 1 is 1.23 bits per heavy atom. The first-order valence-corrected chi connectivity index (χ1v) is 11.6. The first kappa shape index (κ1) is 25.4. The molecule has 1 heterocycles. The van der Waals surface area contributed by atoms with Crippen LogP contribution in [0.1, 0.15) is 70.8 Å². The molecule has 2 unspecified atom stereocenters. The van der Waals surface area contributed by atoms with Crippen molar-refractivity contribution >= 4 is 11.4 Å². The Morgan fingerprint density at radius 2 is 2.03 bits per heavy atom. The largest absolute Gasteiger partial charge is 0.370 e. The number of hydrogen-bond donors (Lipinski definition) is 2. The van der Waals surface area contributed by atoms with Gasteiger partial charge in [-0.25, -0.2) is 8.78 Å². The van der Waals surface area contributed by atoms with Crippen molar-refractivity contribution in [2.45, 2.75) is 71.3 Å². The molecule has 2 rings (SSSR count). The number of rotatable bonds is 14. The topological polar surface area (TPSA) is 74.7 Å². The van der Waals surface area contributed by atoms with Crippen molar-refractivity contribution < 1.29 is 13.5 Å². The maximum absolute atomic E-state index is 14.0. The lowest BCUT2D eigenvalue weighted by molar-refractivity contribution is 0.0870. The highest BCUT2D eigenvalue weighted by Gasteiger charge is 2.25. The van der Waals surface area contributed by atoms with Gasteiger partial charge in [0.1, 0.15) is 17.3 Å². The monoisotopic (exact) mass is 436 g/mol. The van der Waals surface area contributed by atoms with E-state index in [9.17, 15) is 8.78 Å². The lowest BCUT2D eigenvalue weighted by Gasteiger charge is -2.21. The fraction of sp³-hybridized carbons (Fsp3) is 0.667. The van der Waals surface area contributed by atoms with E-state index in [0.29, 0.717) is 0 Å². The number of hydrazone groups is 1. The van der Waals surface area contributed by atoms with Gasteiger partial charge in [0.25, 0.3) is 0 Å². The number of hydrogen-bond acceptors (Lipinski definition) is 5. The van der Waals surface area contributed by atoms with Gasteiger partial charge in [0.15, 0.2) is 0 Å². The van der Waals surface area contributed by atoms with E-state index < -0.39 is 11.6 Å². The molecule has 0 saturated carbocycles. The van der Waals surface area contributed by atoms with Gasteiger partial charge in [-0.15, -0.1) is 0 Å². The van der Waals surface area contributed by atoms with Crippen molar-refractivity contribution in [3.63, 3.8) is 0 Å². The zero-order valence-corrected chi connectivity index (χ0v) is 19.0. The Bertz CT molecular complexity index is 726. The van der Waals surface area contributed by atoms with Gasteiger partial charge >= 0.3 is 0 Å². The van der Waals surface area contributed by atoms with Crippen LogP contribution in [0, 0.1) is 23.0 Å². The molecule has 0 spiro atoms. The molecule has 1 saturated heterocycles. The highest BCUT2D eigenvalue weighted by molar-refractivity contribution is 6.47. The SMILES string of the molecule is CCCCCC(CCC)CCN1CCC(OCC(=N)C(=NN)c2ccc(F)cc2F)C1. The highest BCUT2D eigenvalue weighted by atomic mass is 19.1. The van der Waals surface area contributed by atoms with Gasteiger partial charge in [0, 0.05) is 24.7 Å². The molecule has 31 heavy (non-hydrogen) atoms. The van der Waals surface area contributed by atoms with Crippen molar-refractivity contribution in [2.75, 3.05) is 26.2 Å². The van der Waals surface area contributed by atoms with E-state index in [-0.39, 0.29) is 29.7 Å². The Balaban J connectivity index is 1.77. The molecule has 0 bridgehead atoms. The lowest BCUT2D eigenvalue weighted by atomic mass is 9.93. The molecular weight excluding hydrogens is 398 g/mol. The number of ether oxygens (including phenoxy) is 1. The van der Waals surface area contributed by atoms with Crippen LogP contribution >= 0.6 is 0 Å². The van der Waals surface area contributed by atoms with E-state index in [1.807, 2.05) is 0 Å². The van der Waals surface area contributed by atoms with E-state index in [1.165, 1.54) is 51.0 Å². The Labute approximate surface area is 185 Å². The minimum atomic E-state index is -0.790. The van der Waals surface area contributed by atoms with Crippen molar-refractivity contribution in [1.29, 1.82) is 5.41 Å². The summed E-state index contributed by atoms with van der Waals surface area (Å²) in [7, 11) is 0. The van der Waals surface area contributed by atoms with Crippen LogP contribution in [0.4, 0.5) is 8.78 Å². The summed E-state index contributed by atoms with van der Waals surface area (Å²) in [5.74, 6) is 4.71. The second kappa shape index (κ2) is 13.5. The zero-order chi connectivity index (χ0) is 22.6. The predicted molar refractivity (Wildman–Crippen MR) is 123 cm³/mol. The number of halogens is 2. The van der Waals surface area contributed by atoms with Crippen LogP contribution in [-0.4, -0.2) is 48.7 Å². The van der Waals surface area contributed by atoms with Crippen LogP contribution in [0.15, 0.2) is 23.3 Å². The van der Waals surface area contributed by atoms with E-state index in [2.05, 4.69) is 23.8 Å². The van der Waals surface area contributed by atoms with Gasteiger partial charge in [0.05, 0.1) is 18.4 Å². The summed E-state index contributed by atoms with van der Waals surface area (Å²) in [5.41, 5.74) is -0.0113. The number of unbranched alkanes of at least 4 members (excludes halogenated alkanes) is 2. The predicted octanol–water partition coefficient (Wildman–Crippen LogP) is 5.12. The molecule has 1 aromatic carbocycles. The van der Waals surface area contributed by atoms with Crippen molar-refractivity contribution in [3.05, 3.63) is 35.4 Å². The molecule has 1 aliphatic heterocycles. The van der Waals surface area contributed by atoms with Crippen LogP contribution in [-0.2, 0) is 4.74 Å². The first-order valence-electron chi connectivity index (χ1n) is 11.6. The van der Waals surface area contributed by atoms with Crippen LogP contribution in [0.3, 0.4) is 0 Å². The third-order valence-corrected chi connectivity index (χ3v) is 6.06. The average molecular weight is 437 g/mol. The average Bonchev–Trinajstić information content (AvgIpc) is 3.20. The van der Waals surface area contributed by atoms with Gasteiger partial charge in [0.2, 0.25) is 0 Å². The number of nitrogens with one attached hydrogen (secondary N) is 1. The minimum Gasteiger partial charge on any atom is -0.370 e.